The molecule has 196 valence electrons. The Morgan fingerprint density at radius 1 is 1.05 bits per heavy atom. The van der Waals surface area contributed by atoms with Crippen molar-refractivity contribution >= 4 is 35.1 Å². The van der Waals surface area contributed by atoms with E-state index in [4.69, 9.17) is 4.74 Å². The normalized spacial score (nSPS) is 23.9. The number of carbonyl (C=O) groups is 2. The van der Waals surface area contributed by atoms with Gasteiger partial charge in [-0.05, 0) is 68.8 Å². The number of hydrogen-bond donors (Lipinski definition) is 3. The highest BCUT2D eigenvalue weighted by atomic mass is 32.2. The largest absolute Gasteiger partial charge is 0.457 e. The molecule has 0 bridgehead atoms. The molecular formula is C29H31N5O3S. The Bertz CT molecular complexity index is 1370. The maximum atomic E-state index is 13.5. The number of likely N-dealkylation sites (N-methyl/N-ethyl adjacent to an activating group) is 1. The van der Waals surface area contributed by atoms with Gasteiger partial charge in [0.05, 0.1) is 17.4 Å². The van der Waals surface area contributed by atoms with Crippen LogP contribution in [0.2, 0.25) is 0 Å². The van der Waals surface area contributed by atoms with E-state index < -0.39 is 11.3 Å². The molecule has 3 N–H and O–H groups in total. The molecule has 1 saturated carbocycles. The first kappa shape index (κ1) is 24.8. The Balaban J connectivity index is 1.26. The van der Waals surface area contributed by atoms with E-state index in [0.717, 1.165) is 52.5 Å². The van der Waals surface area contributed by atoms with Crippen molar-refractivity contribution in [1.82, 2.24) is 20.9 Å². The van der Waals surface area contributed by atoms with Gasteiger partial charge in [0.25, 0.3) is 0 Å². The van der Waals surface area contributed by atoms with E-state index in [1.807, 2.05) is 68.6 Å². The molecule has 1 aliphatic carbocycles. The summed E-state index contributed by atoms with van der Waals surface area (Å²) in [5, 5.41) is 10.1. The van der Waals surface area contributed by atoms with Crippen molar-refractivity contribution in [2.24, 2.45) is 0 Å². The van der Waals surface area contributed by atoms with Gasteiger partial charge in [-0.1, -0.05) is 42.8 Å². The molecule has 38 heavy (non-hydrogen) atoms. The lowest BCUT2D eigenvalue weighted by Crippen LogP contribution is -2.54. The van der Waals surface area contributed by atoms with Crippen LogP contribution in [0.15, 0.2) is 65.8 Å². The number of ether oxygens (including phenoxy) is 1. The lowest BCUT2D eigenvalue weighted by atomic mass is 9.90. The molecule has 0 saturated heterocycles. The Hall–Kier alpha value is -3.56. The average Bonchev–Trinajstić information content (AvgIpc) is 3.30. The summed E-state index contributed by atoms with van der Waals surface area (Å²) >= 11 is 1.43. The van der Waals surface area contributed by atoms with Gasteiger partial charge in [-0.2, -0.15) is 0 Å². The van der Waals surface area contributed by atoms with Gasteiger partial charge in [-0.15, -0.1) is 0 Å². The van der Waals surface area contributed by atoms with Gasteiger partial charge >= 0.3 is 6.03 Å². The van der Waals surface area contributed by atoms with E-state index in [1.54, 1.807) is 11.1 Å². The number of urea groups is 1. The summed E-state index contributed by atoms with van der Waals surface area (Å²) in [4.78, 5) is 33.3. The van der Waals surface area contributed by atoms with Gasteiger partial charge in [0.2, 0.25) is 5.91 Å². The van der Waals surface area contributed by atoms with Crippen LogP contribution in [0.5, 0.6) is 11.5 Å². The van der Waals surface area contributed by atoms with Crippen molar-refractivity contribution in [2.45, 2.75) is 61.0 Å². The summed E-state index contributed by atoms with van der Waals surface area (Å²) < 4.78 is 5.98. The minimum atomic E-state index is -0.466. The predicted octanol–water partition coefficient (Wildman–Crippen LogP) is 5.21. The van der Waals surface area contributed by atoms with Crippen LogP contribution in [0.3, 0.4) is 0 Å². The summed E-state index contributed by atoms with van der Waals surface area (Å²) in [6.45, 7) is 1.96. The molecule has 6 rings (SSSR count). The van der Waals surface area contributed by atoms with Crippen LogP contribution in [0.1, 0.15) is 42.9 Å². The fourth-order valence-electron chi connectivity index (χ4n) is 5.75. The zero-order chi connectivity index (χ0) is 26.2. The lowest BCUT2D eigenvalue weighted by molar-refractivity contribution is -0.122. The molecule has 0 spiro atoms. The van der Waals surface area contributed by atoms with Crippen LogP contribution in [-0.4, -0.2) is 41.3 Å². The molecule has 8 nitrogen and oxygen atoms in total. The number of pyridine rings is 1. The number of hydrogen-bond acceptors (Lipinski definition) is 6. The molecule has 3 heterocycles. The van der Waals surface area contributed by atoms with Crippen LogP contribution < -0.4 is 25.6 Å². The van der Waals surface area contributed by atoms with Crippen molar-refractivity contribution < 1.29 is 14.3 Å². The maximum Gasteiger partial charge on any atom is 0.327 e. The fraction of sp³-hybridized carbons (Fsp3) is 0.345. The number of amides is 3. The number of carbonyl (C=O) groups excluding carboxylic acids is 2. The first-order chi connectivity index (χ1) is 18.5. The third-order valence-electron chi connectivity index (χ3n) is 7.62. The number of para-hydroxylation sites is 1. The number of rotatable bonds is 6. The summed E-state index contributed by atoms with van der Waals surface area (Å²) in [5.74, 6) is 1.40. The highest BCUT2D eigenvalue weighted by molar-refractivity contribution is 8.01. The first-order valence-corrected chi connectivity index (χ1v) is 14.0. The zero-order valence-electron chi connectivity index (χ0n) is 21.4. The number of thioether (sulfide) groups is 1. The average molecular weight is 530 g/mol. The summed E-state index contributed by atoms with van der Waals surface area (Å²) in [5.41, 5.74) is 3.31. The highest BCUT2D eigenvalue weighted by Crippen LogP contribution is 2.51. The van der Waals surface area contributed by atoms with Crippen molar-refractivity contribution in [1.29, 1.82) is 0 Å². The van der Waals surface area contributed by atoms with Gasteiger partial charge in [0, 0.05) is 23.8 Å². The van der Waals surface area contributed by atoms with E-state index in [1.165, 1.54) is 18.2 Å². The van der Waals surface area contributed by atoms with Gasteiger partial charge in [-0.3, -0.25) is 9.69 Å². The Kier molecular flexibility index (Phi) is 6.71. The summed E-state index contributed by atoms with van der Waals surface area (Å²) in [6, 6.07) is 16.8. The molecule has 2 unspecified atom stereocenters. The third-order valence-corrected chi connectivity index (χ3v) is 8.91. The van der Waals surface area contributed by atoms with Crippen LogP contribution in [0, 0.1) is 6.92 Å². The molecular weight excluding hydrogens is 498 g/mol. The molecule has 4 atom stereocenters. The molecule has 0 radical (unpaired) electrons. The zero-order valence-corrected chi connectivity index (χ0v) is 22.3. The molecule has 9 heteroatoms. The summed E-state index contributed by atoms with van der Waals surface area (Å²) in [6.07, 6.45) is 6.00. The minimum absolute atomic E-state index is 0.0524. The number of aryl methyl sites for hydroxylation is 1. The Morgan fingerprint density at radius 3 is 2.61 bits per heavy atom. The van der Waals surface area contributed by atoms with E-state index in [-0.39, 0.29) is 24.0 Å². The number of aromatic nitrogens is 1. The number of benzene rings is 2. The lowest BCUT2D eigenvalue weighted by Gasteiger charge is -2.36. The van der Waals surface area contributed by atoms with Crippen LogP contribution >= 0.6 is 11.8 Å². The van der Waals surface area contributed by atoms with Gasteiger partial charge in [-0.25, -0.2) is 9.78 Å². The smallest absolute Gasteiger partial charge is 0.327 e. The van der Waals surface area contributed by atoms with E-state index in [0.29, 0.717) is 5.75 Å². The second-order valence-corrected chi connectivity index (χ2v) is 11.1. The molecule has 3 aromatic rings. The first-order valence-electron chi connectivity index (χ1n) is 13.1. The topological polar surface area (TPSA) is 95.6 Å². The molecule has 3 amide bonds. The van der Waals surface area contributed by atoms with Crippen molar-refractivity contribution in [3.05, 3.63) is 71.9 Å². The SMILES string of the molecule is CN[C@@H]1CCCC[C@@H]1NC(=O)C1Sc2nccc3c2C1NC(=O)N3c1ccc(Oc2ccccc2)cc1C. The van der Waals surface area contributed by atoms with Crippen molar-refractivity contribution in [2.75, 3.05) is 11.9 Å². The Morgan fingerprint density at radius 2 is 1.84 bits per heavy atom. The maximum absolute atomic E-state index is 13.5. The second kappa shape index (κ2) is 10.3. The number of nitrogens with zero attached hydrogens (tertiary/aromatic N) is 2. The predicted molar refractivity (Wildman–Crippen MR) is 148 cm³/mol. The Labute approximate surface area is 226 Å². The van der Waals surface area contributed by atoms with Gasteiger partial charge < -0.3 is 20.7 Å². The van der Waals surface area contributed by atoms with Crippen LogP contribution in [-0.2, 0) is 4.79 Å². The second-order valence-electron chi connectivity index (χ2n) is 10.0. The van der Waals surface area contributed by atoms with E-state index in [2.05, 4.69) is 20.9 Å². The number of anilines is 2. The standard InChI is InChI=1S/C29H31N5O3S/c1-17-16-19(37-18-8-4-3-5-9-18)12-13-22(17)34-23-14-15-31-28-24(23)25(33-29(34)36)26(38-28)27(35)32-21-11-7-6-10-20(21)30-2/h3-5,8-9,12-16,20-21,25-26,30H,6-7,10-11H2,1-2H3,(H,32,35)(H,33,36)/t20-,21+,25?,26?/m1/s1. The molecule has 1 fully saturated rings. The minimum Gasteiger partial charge on any atom is -0.457 e. The molecule has 3 aliphatic rings. The summed E-state index contributed by atoms with van der Waals surface area (Å²) in [7, 11) is 1.95. The fourth-order valence-corrected chi connectivity index (χ4v) is 6.98. The van der Waals surface area contributed by atoms with E-state index in [9.17, 15) is 9.59 Å². The van der Waals surface area contributed by atoms with Gasteiger partial charge in [0.1, 0.15) is 21.8 Å². The van der Waals surface area contributed by atoms with E-state index >= 15 is 0 Å². The van der Waals surface area contributed by atoms with Crippen LogP contribution in [0.25, 0.3) is 0 Å². The third kappa shape index (κ3) is 4.50. The molecule has 1 aromatic heterocycles. The van der Waals surface area contributed by atoms with Gasteiger partial charge in [0.15, 0.2) is 0 Å². The molecule has 2 aromatic carbocycles. The quantitative estimate of drug-likeness (QED) is 0.406. The van der Waals surface area contributed by atoms with Crippen molar-refractivity contribution in [3.8, 4) is 11.5 Å². The van der Waals surface area contributed by atoms with Crippen LogP contribution in [0.4, 0.5) is 16.2 Å². The monoisotopic (exact) mass is 529 g/mol. The van der Waals surface area contributed by atoms with Crippen molar-refractivity contribution in [3.63, 3.8) is 0 Å². The highest BCUT2D eigenvalue weighted by Gasteiger charge is 2.47. The number of nitrogens with one attached hydrogen (secondary N) is 3. The molecule has 2 aliphatic heterocycles.